The molecule has 0 bridgehead atoms. The topological polar surface area (TPSA) is 51.0 Å². The first kappa shape index (κ1) is 12.4. The van der Waals surface area contributed by atoms with Crippen LogP contribution in [0.4, 0.5) is 0 Å². The van der Waals surface area contributed by atoms with Crippen LogP contribution in [-0.2, 0) is 19.3 Å². The summed E-state index contributed by atoms with van der Waals surface area (Å²) in [4.78, 5) is 0. The number of nitrogens with zero attached hydrogens (tertiary/aromatic N) is 2. The van der Waals surface area contributed by atoms with E-state index in [-0.39, 0.29) is 0 Å². The van der Waals surface area contributed by atoms with Crippen molar-refractivity contribution in [3.05, 3.63) is 35.2 Å². The van der Waals surface area contributed by atoms with Gasteiger partial charge in [0, 0.05) is 18.5 Å². The molecule has 0 saturated carbocycles. The van der Waals surface area contributed by atoms with E-state index in [0.29, 0.717) is 11.8 Å². The van der Waals surface area contributed by atoms with Crippen LogP contribution in [0.1, 0.15) is 30.4 Å². The molecule has 4 heteroatoms. The smallest absolute Gasteiger partial charge is 0.247 e. The van der Waals surface area contributed by atoms with Crippen LogP contribution in [0, 0.1) is 0 Å². The molecular weight excluding hydrogens is 238 g/mol. The van der Waals surface area contributed by atoms with E-state index in [0.717, 1.165) is 25.1 Å². The van der Waals surface area contributed by atoms with Crippen molar-refractivity contribution in [3.63, 3.8) is 0 Å². The van der Waals surface area contributed by atoms with Crippen LogP contribution < -0.4 is 5.32 Å². The lowest BCUT2D eigenvalue weighted by Crippen LogP contribution is -2.16. The van der Waals surface area contributed by atoms with Crippen molar-refractivity contribution < 1.29 is 4.42 Å². The fraction of sp³-hybridized carbons (Fsp3) is 0.467. The molecule has 4 nitrogen and oxygen atoms in total. The van der Waals surface area contributed by atoms with Gasteiger partial charge in [-0.2, -0.15) is 0 Å². The van der Waals surface area contributed by atoms with E-state index in [2.05, 4.69) is 40.6 Å². The van der Waals surface area contributed by atoms with Crippen LogP contribution in [0.15, 0.2) is 22.6 Å². The number of rotatable bonds is 5. The molecule has 0 aliphatic heterocycles. The Bertz CT molecular complexity index is 562. The van der Waals surface area contributed by atoms with E-state index >= 15 is 0 Å². The number of likely N-dealkylation sites (N-methyl/N-ethyl adjacent to an activating group) is 1. The first-order valence-electron chi connectivity index (χ1n) is 7.02. The molecule has 0 atom stereocenters. The zero-order valence-electron chi connectivity index (χ0n) is 11.3. The van der Waals surface area contributed by atoms with Crippen molar-refractivity contribution in [1.29, 1.82) is 0 Å². The molecule has 1 aromatic heterocycles. The number of aryl methyl sites for hydroxylation is 2. The van der Waals surface area contributed by atoms with Crippen molar-refractivity contribution in [2.45, 2.75) is 32.6 Å². The van der Waals surface area contributed by atoms with Crippen molar-refractivity contribution in [2.75, 3.05) is 13.1 Å². The van der Waals surface area contributed by atoms with E-state index < -0.39 is 0 Å². The Morgan fingerprint density at radius 2 is 2.11 bits per heavy atom. The second-order valence-electron chi connectivity index (χ2n) is 4.94. The molecule has 1 aromatic carbocycles. The highest BCUT2D eigenvalue weighted by atomic mass is 16.4. The van der Waals surface area contributed by atoms with E-state index in [1.165, 1.54) is 30.4 Å². The Balaban J connectivity index is 1.75. The maximum Gasteiger partial charge on any atom is 0.247 e. The number of fused-ring (bicyclic) bond motifs is 1. The van der Waals surface area contributed by atoms with Crippen LogP contribution in [0.2, 0.25) is 0 Å². The predicted molar refractivity (Wildman–Crippen MR) is 74.0 cm³/mol. The van der Waals surface area contributed by atoms with Crippen LogP contribution >= 0.6 is 0 Å². The largest absolute Gasteiger partial charge is 0.421 e. The molecule has 1 aliphatic carbocycles. The van der Waals surface area contributed by atoms with Crippen molar-refractivity contribution in [2.24, 2.45) is 0 Å². The summed E-state index contributed by atoms with van der Waals surface area (Å²) in [6.07, 6.45) is 4.42. The minimum absolute atomic E-state index is 0.640. The average Bonchev–Trinajstić information content (AvgIpc) is 3.06. The van der Waals surface area contributed by atoms with E-state index in [1.54, 1.807) is 0 Å². The fourth-order valence-corrected chi connectivity index (χ4v) is 2.55. The lowest BCUT2D eigenvalue weighted by atomic mass is 10.1. The highest BCUT2D eigenvalue weighted by Gasteiger charge is 2.14. The highest BCUT2D eigenvalue weighted by Crippen LogP contribution is 2.27. The van der Waals surface area contributed by atoms with Crippen LogP contribution in [0.3, 0.4) is 0 Å². The second-order valence-corrected chi connectivity index (χ2v) is 4.94. The van der Waals surface area contributed by atoms with Gasteiger partial charge in [0.05, 0.1) is 0 Å². The molecule has 1 heterocycles. The van der Waals surface area contributed by atoms with Gasteiger partial charge in [-0.25, -0.2) is 0 Å². The molecule has 0 spiro atoms. The van der Waals surface area contributed by atoms with E-state index in [4.69, 9.17) is 4.42 Å². The summed E-state index contributed by atoms with van der Waals surface area (Å²) in [5, 5.41) is 11.5. The lowest BCUT2D eigenvalue weighted by molar-refractivity contribution is 0.496. The van der Waals surface area contributed by atoms with Gasteiger partial charge in [0.2, 0.25) is 11.8 Å². The van der Waals surface area contributed by atoms with Gasteiger partial charge in [-0.15, -0.1) is 10.2 Å². The molecule has 2 aromatic rings. The molecular formula is C15H19N3O. The SMILES string of the molecule is CCNCCc1nnc(-c2ccc3c(c2)CCC3)o1. The summed E-state index contributed by atoms with van der Waals surface area (Å²) in [7, 11) is 0. The molecule has 0 fully saturated rings. The van der Waals surface area contributed by atoms with Gasteiger partial charge in [0.25, 0.3) is 0 Å². The first-order chi connectivity index (χ1) is 9.36. The fourth-order valence-electron chi connectivity index (χ4n) is 2.55. The van der Waals surface area contributed by atoms with Crippen LogP contribution in [-0.4, -0.2) is 23.3 Å². The molecule has 3 rings (SSSR count). The average molecular weight is 257 g/mol. The van der Waals surface area contributed by atoms with Crippen LogP contribution in [0.25, 0.3) is 11.5 Å². The third-order valence-corrected chi connectivity index (χ3v) is 3.58. The maximum atomic E-state index is 5.71. The van der Waals surface area contributed by atoms with E-state index in [1.807, 2.05) is 0 Å². The summed E-state index contributed by atoms with van der Waals surface area (Å²) >= 11 is 0. The molecule has 19 heavy (non-hydrogen) atoms. The quantitative estimate of drug-likeness (QED) is 0.836. The number of hydrogen-bond donors (Lipinski definition) is 1. The molecule has 1 aliphatic rings. The molecule has 0 unspecified atom stereocenters. The summed E-state index contributed by atoms with van der Waals surface area (Å²) in [6.45, 7) is 3.93. The zero-order chi connectivity index (χ0) is 13.1. The number of hydrogen-bond acceptors (Lipinski definition) is 4. The monoisotopic (exact) mass is 257 g/mol. The Kier molecular flexibility index (Phi) is 3.60. The highest BCUT2D eigenvalue weighted by molar-refractivity contribution is 5.56. The Morgan fingerprint density at radius 3 is 3.00 bits per heavy atom. The van der Waals surface area contributed by atoms with Crippen molar-refractivity contribution in [1.82, 2.24) is 15.5 Å². The lowest BCUT2D eigenvalue weighted by Gasteiger charge is -2.00. The van der Waals surface area contributed by atoms with Crippen LogP contribution in [0.5, 0.6) is 0 Å². The standard InChI is InChI=1S/C15H19N3O/c1-2-16-9-8-14-17-18-15(19-14)13-7-6-11-4-3-5-12(11)10-13/h6-7,10,16H,2-5,8-9H2,1H3. The minimum atomic E-state index is 0.640. The first-order valence-corrected chi connectivity index (χ1v) is 7.02. The molecule has 0 radical (unpaired) electrons. The Labute approximate surface area is 113 Å². The van der Waals surface area contributed by atoms with Gasteiger partial charge in [-0.05, 0) is 49.1 Å². The predicted octanol–water partition coefficient (Wildman–Crippen LogP) is 2.38. The number of nitrogens with one attached hydrogen (secondary N) is 1. The number of benzene rings is 1. The summed E-state index contributed by atoms with van der Waals surface area (Å²) < 4.78 is 5.71. The van der Waals surface area contributed by atoms with Gasteiger partial charge >= 0.3 is 0 Å². The van der Waals surface area contributed by atoms with Gasteiger partial charge in [-0.1, -0.05) is 13.0 Å². The van der Waals surface area contributed by atoms with Crippen molar-refractivity contribution in [3.8, 4) is 11.5 Å². The summed E-state index contributed by atoms with van der Waals surface area (Å²) in [6, 6.07) is 6.48. The van der Waals surface area contributed by atoms with Gasteiger partial charge in [0.1, 0.15) is 0 Å². The van der Waals surface area contributed by atoms with E-state index in [9.17, 15) is 0 Å². The summed E-state index contributed by atoms with van der Waals surface area (Å²) in [5.41, 5.74) is 3.95. The maximum absolute atomic E-state index is 5.71. The normalized spacial score (nSPS) is 13.7. The minimum Gasteiger partial charge on any atom is -0.421 e. The molecule has 0 saturated heterocycles. The van der Waals surface area contributed by atoms with Gasteiger partial charge in [0.15, 0.2) is 0 Å². The van der Waals surface area contributed by atoms with Gasteiger partial charge < -0.3 is 9.73 Å². The summed E-state index contributed by atoms with van der Waals surface area (Å²) in [5.74, 6) is 1.35. The molecule has 1 N–H and O–H groups in total. The number of aromatic nitrogens is 2. The van der Waals surface area contributed by atoms with Crippen molar-refractivity contribution >= 4 is 0 Å². The molecule has 0 amide bonds. The third kappa shape index (κ3) is 2.68. The second kappa shape index (κ2) is 5.53. The zero-order valence-corrected chi connectivity index (χ0v) is 11.3. The third-order valence-electron chi connectivity index (χ3n) is 3.58. The molecule has 100 valence electrons. The Hall–Kier alpha value is -1.68. The van der Waals surface area contributed by atoms with Gasteiger partial charge in [-0.3, -0.25) is 0 Å². The Morgan fingerprint density at radius 1 is 1.21 bits per heavy atom.